The minimum absolute atomic E-state index is 0.00735. The molecule has 2 atom stereocenters. The number of nitrogens with one attached hydrogen (secondary N) is 1. The van der Waals surface area contributed by atoms with E-state index in [-0.39, 0.29) is 18.0 Å². The Balaban J connectivity index is 2.00. The molecule has 0 fully saturated rings. The molecule has 0 radical (unpaired) electrons. The van der Waals surface area contributed by atoms with Crippen LogP contribution >= 0.6 is 0 Å². The maximum atomic E-state index is 12.6. The lowest BCUT2D eigenvalue weighted by Gasteiger charge is -2.18. The Hall–Kier alpha value is -2.53. The molecule has 5 heteroatoms. The highest BCUT2D eigenvalue weighted by atomic mass is 16.5. The minimum atomic E-state index is -0.219. The number of amides is 1. The van der Waals surface area contributed by atoms with E-state index in [4.69, 9.17) is 9.47 Å². The van der Waals surface area contributed by atoms with Gasteiger partial charge in [-0.25, -0.2) is 0 Å². The molecule has 2 aromatic rings. The Morgan fingerprint density at radius 3 is 2.21 bits per heavy atom. The first-order chi connectivity index (χ1) is 13.5. The lowest BCUT2D eigenvalue weighted by molar-refractivity contribution is -0.709. The molecule has 28 heavy (non-hydrogen) atoms. The van der Waals surface area contributed by atoms with Gasteiger partial charge >= 0.3 is 0 Å². The number of carbonyl (C=O) groups excluding carboxylic acids is 1. The van der Waals surface area contributed by atoms with Gasteiger partial charge in [-0.05, 0) is 70.0 Å². The van der Waals surface area contributed by atoms with Crippen LogP contribution in [0.5, 0.6) is 11.5 Å². The molecule has 1 amide bonds. The number of ether oxygens (including phenoxy) is 2. The van der Waals surface area contributed by atoms with Gasteiger partial charge in [-0.1, -0.05) is 19.1 Å². The Bertz CT molecular complexity index is 759. The fourth-order valence-corrected chi connectivity index (χ4v) is 3.06. The van der Waals surface area contributed by atoms with Crippen molar-refractivity contribution in [1.82, 2.24) is 0 Å². The molecule has 0 unspecified atom stereocenters. The van der Waals surface area contributed by atoms with Crippen molar-refractivity contribution in [2.24, 2.45) is 0 Å². The van der Waals surface area contributed by atoms with Crippen LogP contribution in [0.15, 0.2) is 42.5 Å². The van der Waals surface area contributed by atoms with Crippen LogP contribution in [0.25, 0.3) is 0 Å². The summed E-state index contributed by atoms with van der Waals surface area (Å²) in [6.45, 7) is 11.2. The number of nitrogens with two attached hydrogens (primary N) is 1. The highest BCUT2D eigenvalue weighted by Crippen LogP contribution is 2.30. The maximum Gasteiger partial charge on any atom is 0.282 e. The smallest absolute Gasteiger partial charge is 0.282 e. The summed E-state index contributed by atoms with van der Waals surface area (Å²) in [5, 5.41) is 5.05. The third kappa shape index (κ3) is 5.99. The predicted octanol–water partition coefficient (Wildman–Crippen LogP) is 3.70. The predicted molar refractivity (Wildman–Crippen MR) is 113 cm³/mol. The third-order valence-electron chi connectivity index (χ3n) is 4.71. The van der Waals surface area contributed by atoms with Gasteiger partial charge in [-0.2, -0.15) is 0 Å². The second-order valence-corrected chi connectivity index (χ2v) is 6.88. The Labute approximate surface area is 168 Å². The van der Waals surface area contributed by atoms with E-state index in [0.29, 0.717) is 13.2 Å². The van der Waals surface area contributed by atoms with Crippen molar-refractivity contribution in [2.75, 3.05) is 18.5 Å². The molecule has 0 spiro atoms. The standard InChI is InChI=1S/C23H32N2O3/c1-6-18-9-12-20(13-10-18)25-23(26)17(5)24-16(4)19-11-14-21(27-7-2)22(15-19)28-8-3/h9-17,24H,6-8H2,1-5H3,(H,25,26)/p+1/t16-,17-/m0/s1. The van der Waals surface area contributed by atoms with Gasteiger partial charge in [0.05, 0.1) is 13.2 Å². The van der Waals surface area contributed by atoms with Gasteiger partial charge in [0, 0.05) is 11.3 Å². The number of anilines is 1. The molecule has 2 rings (SSSR count). The minimum Gasteiger partial charge on any atom is -0.490 e. The largest absolute Gasteiger partial charge is 0.490 e. The van der Waals surface area contributed by atoms with Crippen LogP contribution in [0, 0.1) is 0 Å². The summed E-state index contributed by atoms with van der Waals surface area (Å²) in [5.41, 5.74) is 3.18. The fourth-order valence-electron chi connectivity index (χ4n) is 3.06. The van der Waals surface area contributed by atoms with Gasteiger partial charge in [-0.15, -0.1) is 0 Å². The molecule has 0 aliphatic carbocycles. The number of carbonyl (C=O) groups is 1. The quantitative estimate of drug-likeness (QED) is 0.655. The Morgan fingerprint density at radius 2 is 1.61 bits per heavy atom. The molecule has 0 saturated carbocycles. The van der Waals surface area contributed by atoms with Crippen LogP contribution in [-0.2, 0) is 11.2 Å². The Morgan fingerprint density at radius 1 is 0.964 bits per heavy atom. The van der Waals surface area contributed by atoms with E-state index in [2.05, 4.69) is 24.5 Å². The monoisotopic (exact) mass is 385 g/mol. The van der Waals surface area contributed by atoms with Crippen LogP contribution < -0.4 is 20.1 Å². The molecular weight excluding hydrogens is 352 g/mol. The van der Waals surface area contributed by atoms with E-state index in [9.17, 15) is 4.79 Å². The molecule has 0 aliphatic rings. The van der Waals surface area contributed by atoms with Crippen molar-refractivity contribution in [1.29, 1.82) is 0 Å². The highest BCUT2D eigenvalue weighted by molar-refractivity contribution is 5.93. The van der Waals surface area contributed by atoms with Gasteiger partial charge in [0.15, 0.2) is 17.5 Å². The van der Waals surface area contributed by atoms with Crippen LogP contribution in [0.3, 0.4) is 0 Å². The van der Waals surface area contributed by atoms with E-state index in [0.717, 1.165) is 29.2 Å². The lowest BCUT2D eigenvalue weighted by Crippen LogP contribution is -2.91. The number of aryl methyl sites for hydroxylation is 1. The lowest BCUT2D eigenvalue weighted by atomic mass is 10.1. The number of hydrogen-bond acceptors (Lipinski definition) is 3. The number of rotatable bonds is 10. The van der Waals surface area contributed by atoms with Crippen molar-refractivity contribution in [3.8, 4) is 11.5 Å². The topological polar surface area (TPSA) is 64.2 Å². The molecule has 3 N–H and O–H groups in total. The zero-order valence-electron chi connectivity index (χ0n) is 17.6. The Kier molecular flexibility index (Phi) is 8.33. The van der Waals surface area contributed by atoms with Crippen LogP contribution in [0.1, 0.15) is 51.8 Å². The molecule has 0 bridgehead atoms. The van der Waals surface area contributed by atoms with Crippen molar-refractivity contribution < 1.29 is 19.6 Å². The first-order valence-electron chi connectivity index (χ1n) is 10.1. The number of quaternary nitrogens is 1. The van der Waals surface area contributed by atoms with E-state index < -0.39 is 0 Å². The summed E-state index contributed by atoms with van der Waals surface area (Å²) in [4.78, 5) is 12.6. The summed E-state index contributed by atoms with van der Waals surface area (Å²) in [6.07, 6.45) is 0.988. The van der Waals surface area contributed by atoms with Gasteiger partial charge in [0.25, 0.3) is 5.91 Å². The molecule has 152 valence electrons. The molecule has 2 aromatic carbocycles. The maximum absolute atomic E-state index is 12.6. The van der Waals surface area contributed by atoms with Gasteiger partial charge in [-0.3, -0.25) is 4.79 Å². The summed E-state index contributed by atoms with van der Waals surface area (Å²) in [7, 11) is 0. The first kappa shape index (κ1) is 21.8. The van der Waals surface area contributed by atoms with E-state index in [1.54, 1.807) is 0 Å². The molecule has 5 nitrogen and oxygen atoms in total. The van der Waals surface area contributed by atoms with Crippen molar-refractivity contribution >= 4 is 11.6 Å². The van der Waals surface area contributed by atoms with Crippen LogP contribution in [0.2, 0.25) is 0 Å². The van der Waals surface area contributed by atoms with Gasteiger partial charge in [0.2, 0.25) is 0 Å². The SMILES string of the molecule is CCOc1ccc([C@H](C)[NH2+][C@@H](C)C(=O)Nc2ccc(CC)cc2)cc1OCC. The second kappa shape index (κ2) is 10.7. The summed E-state index contributed by atoms with van der Waals surface area (Å²) >= 11 is 0. The average molecular weight is 386 g/mol. The normalized spacial score (nSPS) is 12.9. The van der Waals surface area contributed by atoms with Crippen LogP contribution in [0.4, 0.5) is 5.69 Å². The van der Waals surface area contributed by atoms with Crippen LogP contribution in [-0.4, -0.2) is 25.2 Å². The first-order valence-corrected chi connectivity index (χ1v) is 10.1. The van der Waals surface area contributed by atoms with Crippen molar-refractivity contribution in [3.05, 3.63) is 53.6 Å². The summed E-state index contributed by atoms with van der Waals surface area (Å²) < 4.78 is 11.3. The molecule has 0 aliphatic heterocycles. The summed E-state index contributed by atoms with van der Waals surface area (Å²) in [5.74, 6) is 1.49. The fraction of sp³-hybridized carbons (Fsp3) is 0.435. The number of benzene rings is 2. The van der Waals surface area contributed by atoms with Crippen molar-refractivity contribution in [2.45, 2.75) is 53.1 Å². The molecule has 0 heterocycles. The average Bonchev–Trinajstić information content (AvgIpc) is 2.70. The van der Waals surface area contributed by atoms with Gasteiger partial charge in [0.1, 0.15) is 6.04 Å². The molecular formula is C23H33N2O3+. The van der Waals surface area contributed by atoms with E-state index in [1.807, 2.05) is 63.2 Å². The molecule has 0 saturated heterocycles. The second-order valence-electron chi connectivity index (χ2n) is 6.88. The third-order valence-corrected chi connectivity index (χ3v) is 4.71. The van der Waals surface area contributed by atoms with Gasteiger partial charge < -0.3 is 20.1 Å². The zero-order valence-corrected chi connectivity index (χ0v) is 17.6. The number of hydrogen-bond donors (Lipinski definition) is 2. The highest BCUT2D eigenvalue weighted by Gasteiger charge is 2.21. The van der Waals surface area contributed by atoms with E-state index >= 15 is 0 Å². The van der Waals surface area contributed by atoms with E-state index in [1.165, 1.54) is 5.56 Å². The molecule has 0 aromatic heterocycles. The van der Waals surface area contributed by atoms with Crippen molar-refractivity contribution in [3.63, 3.8) is 0 Å². The summed E-state index contributed by atoms with van der Waals surface area (Å²) in [6, 6.07) is 13.9. The zero-order chi connectivity index (χ0) is 20.5.